The van der Waals surface area contributed by atoms with Crippen LogP contribution in [0.15, 0.2) is 12.3 Å². The standard InChI is InChI=1S/C13H19BN2O4/c1-8-7-16(12(17)20-13(2,3)4)11-10(8)5-9(6-15-11)14(18)19/h5-6,8,18-19H,7H2,1-4H3. The molecular formula is C13H19BN2O4. The second kappa shape index (κ2) is 5.07. The number of amides is 1. The van der Waals surface area contributed by atoms with Gasteiger partial charge in [-0.2, -0.15) is 0 Å². The summed E-state index contributed by atoms with van der Waals surface area (Å²) >= 11 is 0. The largest absolute Gasteiger partial charge is 0.490 e. The monoisotopic (exact) mass is 278 g/mol. The predicted molar refractivity (Wildman–Crippen MR) is 76.1 cm³/mol. The Hall–Kier alpha value is -1.60. The topological polar surface area (TPSA) is 82.9 Å². The third kappa shape index (κ3) is 2.94. The minimum atomic E-state index is -1.56. The third-order valence-corrected chi connectivity index (χ3v) is 3.07. The lowest BCUT2D eigenvalue weighted by Crippen LogP contribution is -2.36. The normalized spacial score (nSPS) is 17.9. The fourth-order valence-corrected chi connectivity index (χ4v) is 2.16. The molecule has 0 fully saturated rings. The molecule has 0 aliphatic carbocycles. The van der Waals surface area contributed by atoms with Crippen molar-refractivity contribution >= 4 is 24.5 Å². The lowest BCUT2D eigenvalue weighted by molar-refractivity contribution is 0.0581. The molecule has 20 heavy (non-hydrogen) atoms. The SMILES string of the molecule is CC1CN(C(=O)OC(C)(C)C)c2ncc(B(O)O)cc21. The number of hydrogen-bond donors (Lipinski definition) is 2. The van der Waals surface area contributed by atoms with Gasteiger partial charge >= 0.3 is 13.2 Å². The van der Waals surface area contributed by atoms with Crippen LogP contribution in [0.3, 0.4) is 0 Å². The van der Waals surface area contributed by atoms with Crippen LogP contribution in [0.4, 0.5) is 10.6 Å². The van der Waals surface area contributed by atoms with Gasteiger partial charge in [0.25, 0.3) is 0 Å². The molecular weight excluding hydrogens is 259 g/mol. The van der Waals surface area contributed by atoms with Crippen LogP contribution >= 0.6 is 0 Å². The van der Waals surface area contributed by atoms with E-state index in [1.165, 1.54) is 11.1 Å². The number of nitrogens with zero attached hydrogens (tertiary/aromatic N) is 2. The van der Waals surface area contributed by atoms with Crippen molar-refractivity contribution < 1.29 is 19.6 Å². The summed E-state index contributed by atoms with van der Waals surface area (Å²) in [5, 5.41) is 18.4. The summed E-state index contributed by atoms with van der Waals surface area (Å²) in [6, 6.07) is 1.67. The minimum absolute atomic E-state index is 0.0729. The maximum Gasteiger partial charge on any atom is 0.490 e. The maximum absolute atomic E-state index is 12.2. The summed E-state index contributed by atoms with van der Waals surface area (Å²) in [4.78, 5) is 17.8. The number of aromatic nitrogens is 1. The van der Waals surface area contributed by atoms with Crippen LogP contribution in [0.25, 0.3) is 0 Å². The van der Waals surface area contributed by atoms with Gasteiger partial charge in [0, 0.05) is 24.1 Å². The zero-order chi connectivity index (χ0) is 15.1. The number of ether oxygens (including phenoxy) is 1. The van der Waals surface area contributed by atoms with Gasteiger partial charge in [-0.25, -0.2) is 9.78 Å². The summed E-state index contributed by atoms with van der Waals surface area (Å²) in [6.45, 7) is 7.86. The second-order valence-electron chi connectivity index (χ2n) is 6.05. The summed E-state index contributed by atoms with van der Waals surface area (Å²) in [7, 11) is -1.56. The van der Waals surface area contributed by atoms with Crippen molar-refractivity contribution in [1.29, 1.82) is 0 Å². The Morgan fingerprint density at radius 2 is 2.15 bits per heavy atom. The van der Waals surface area contributed by atoms with Crippen LogP contribution < -0.4 is 10.4 Å². The van der Waals surface area contributed by atoms with E-state index in [0.717, 1.165) is 5.56 Å². The molecule has 0 spiro atoms. The number of pyridine rings is 1. The molecule has 6 nitrogen and oxygen atoms in total. The minimum Gasteiger partial charge on any atom is -0.443 e. The first-order valence-electron chi connectivity index (χ1n) is 6.55. The molecule has 1 atom stereocenters. The molecule has 1 aliphatic rings. The fraction of sp³-hybridized carbons (Fsp3) is 0.538. The molecule has 1 aromatic rings. The van der Waals surface area contributed by atoms with E-state index in [1.54, 1.807) is 6.07 Å². The predicted octanol–water partition coefficient (Wildman–Crippen LogP) is 0.620. The highest BCUT2D eigenvalue weighted by Crippen LogP contribution is 2.34. The van der Waals surface area contributed by atoms with Gasteiger partial charge in [-0.05, 0) is 26.3 Å². The molecule has 1 aliphatic heterocycles. The van der Waals surface area contributed by atoms with E-state index in [2.05, 4.69) is 4.98 Å². The van der Waals surface area contributed by atoms with E-state index in [4.69, 9.17) is 4.74 Å². The van der Waals surface area contributed by atoms with Crippen LogP contribution in [0, 0.1) is 0 Å². The van der Waals surface area contributed by atoms with Crippen molar-refractivity contribution in [2.45, 2.75) is 39.2 Å². The van der Waals surface area contributed by atoms with Crippen molar-refractivity contribution in [3.63, 3.8) is 0 Å². The van der Waals surface area contributed by atoms with Gasteiger partial charge in [0.2, 0.25) is 0 Å². The number of carbonyl (C=O) groups is 1. The van der Waals surface area contributed by atoms with Gasteiger partial charge in [0.1, 0.15) is 11.4 Å². The van der Waals surface area contributed by atoms with Crippen LogP contribution in [0.5, 0.6) is 0 Å². The zero-order valence-corrected chi connectivity index (χ0v) is 12.1. The molecule has 2 heterocycles. The highest BCUT2D eigenvalue weighted by Gasteiger charge is 2.34. The van der Waals surface area contributed by atoms with Gasteiger partial charge in [0.05, 0.1) is 0 Å². The van der Waals surface area contributed by atoms with Crippen molar-refractivity contribution in [2.75, 3.05) is 11.4 Å². The zero-order valence-electron chi connectivity index (χ0n) is 12.1. The quantitative estimate of drug-likeness (QED) is 0.736. The Morgan fingerprint density at radius 3 is 2.70 bits per heavy atom. The average molecular weight is 278 g/mol. The van der Waals surface area contributed by atoms with Gasteiger partial charge in [-0.3, -0.25) is 4.90 Å². The molecule has 108 valence electrons. The summed E-state index contributed by atoms with van der Waals surface area (Å²) < 4.78 is 5.35. The summed E-state index contributed by atoms with van der Waals surface area (Å²) in [5.74, 6) is 0.597. The Labute approximate surface area is 118 Å². The fourth-order valence-electron chi connectivity index (χ4n) is 2.16. The second-order valence-corrected chi connectivity index (χ2v) is 6.05. The highest BCUT2D eigenvalue weighted by molar-refractivity contribution is 6.58. The highest BCUT2D eigenvalue weighted by atomic mass is 16.6. The van der Waals surface area contributed by atoms with Crippen molar-refractivity contribution in [2.24, 2.45) is 0 Å². The Balaban J connectivity index is 2.29. The van der Waals surface area contributed by atoms with E-state index >= 15 is 0 Å². The van der Waals surface area contributed by atoms with Gasteiger partial charge in [-0.15, -0.1) is 0 Å². The van der Waals surface area contributed by atoms with Crippen LogP contribution in [0.2, 0.25) is 0 Å². The van der Waals surface area contributed by atoms with Gasteiger partial charge in [0.15, 0.2) is 0 Å². The van der Waals surface area contributed by atoms with Gasteiger partial charge < -0.3 is 14.8 Å². The molecule has 0 saturated heterocycles. The van der Waals surface area contributed by atoms with Crippen molar-refractivity contribution in [3.8, 4) is 0 Å². The van der Waals surface area contributed by atoms with E-state index in [-0.39, 0.29) is 5.92 Å². The maximum atomic E-state index is 12.2. The number of hydrogen-bond acceptors (Lipinski definition) is 5. The summed E-state index contributed by atoms with van der Waals surface area (Å²) in [6.07, 6.45) is 0.923. The first kappa shape index (κ1) is 14.8. The molecule has 2 N–H and O–H groups in total. The van der Waals surface area contributed by atoms with Gasteiger partial charge in [-0.1, -0.05) is 13.0 Å². The molecule has 0 saturated carbocycles. The van der Waals surface area contributed by atoms with Crippen molar-refractivity contribution in [1.82, 2.24) is 4.98 Å². The average Bonchev–Trinajstić information content (AvgIpc) is 2.64. The lowest BCUT2D eigenvalue weighted by atomic mass is 9.80. The molecule has 1 aromatic heterocycles. The first-order chi connectivity index (χ1) is 9.19. The molecule has 1 amide bonds. The molecule has 1 unspecified atom stereocenters. The van der Waals surface area contributed by atoms with Crippen LogP contribution in [-0.2, 0) is 4.74 Å². The number of rotatable bonds is 1. The van der Waals surface area contributed by atoms with Crippen LogP contribution in [-0.4, -0.2) is 40.4 Å². The molecule has 0 aromatic carbocycles. The number of fused-ring (bicyclic) bond motifs is 1. The molecule has 7 heteroatoms. The third-order valence-electron chi connectivity index (χ3n) is 3.07. The van der Waals surface area contributed by atoms with Crippen molar-refractivity contribution in [3.05, 3.63) is 17.8 Å². The lowest BCUT2D eigenvalue weighted by Gasteiger charge is -2.24. The molecule has 0 bridgehead atoms. The van der Waals surface area contributed by atoms with E-state index in [0.29, 0.717) is 17.8 Å². The smallest absolute Gasteiger partial charge is 0.443 e. The van der Waals surface area contributed by atoms with E-state index < -0.39 is 18.8 Å². The van der Waals surface area contributed by atoms with E-state index in [9.17, 15) is 14.8 Å². The Bertz CT molecular complexity index is 528. The molecule has 2 rings (SSSR count). The Morgan fingerprint density at radius 1 is 1.50 bits per heavy atom. The number of carbonyl (C=O) groups excluding carboxylic acids is 1. The Kier molecular flexibility index (Phi) is 3.75. The number of anilines is 1. The molecule has 0 radical (unpaired) electrons. The summed E-state index contributed by atoms with van der Waals surface area (Å²) in [5.41, 5.74) is 0.577. The van der Waals surface area contributed by atoms with Crippen LogP contribution in [0.1, 0.15) is 39.2 Å². The van der Waals surface area contributed by atoms with E-state index in [1.807, 2.05) is 27.7 Å². The first-order valence-corrected chi connectivity index (χ1v) is 6.55.